The molecule has 1 aromatic carbocycles. The van der Waals surface area contributed by atoms with E-state index in [0.717, 1.165) is 11.0 Å². The maximum atomic E-state index is 12.7. The van der Waals surface area contributed by atoms with E-state index in [2.05, 4.69) is 15.6 Å². The summed E-state index contributed by atoms with van der Waals surface area (Å²) in [5.41, 5.74) is 2.58. The Hall–Kier alpha value is -3.35. The number of amides is 1. The molecule has 0 saturated carbocycles. The molecule has 0 aliphatic rings. The number of rotatable bonds is 7. The number of hydrogen-bond donors (Lipinski definition) is 2. The summed E-state index contributed by atoms with van der Waals surface area (Å²) in [5.74, 6) is -0.422. The Bertz CT molecular complexity index is 1240. The minimum absolute atomic E-state index is 0.0174. The molecule has 0 aliphatic heterocycles. The fourth-order valence-electron chi connectivity index (χ4n) is 3.25. The van der Waals surface area contributed by atoms with E-state index < -0.39 is 5.91 Å². The molecule has 2 heterocycles. The number of pyridine rings is 1. The molecule has 0 saturated heterocycles. The van der Waals surface area contributed by atoms with Crippen LogP contribution in [0.1, 0.15) is 29.4 Å². The van der Waals surface area contributed by atoms with Crippen molar-refractivity contribution in [3.8, 4) is 6.07 Å². The van der Waals surface area contributed by atoms with Gasteiger partial charge in [0.05, 0.1) is 22.8 Å². The molecular formula is C21H23ClN6O3. The lowest BCUT2D eigenvalue weighted by atomic mass is 10.2. The zero-order valence-corrected chi connectivity index (χ0v) is 18.4. The summed E-state index contributed by atoms with van der Waals surface area (Å²) >= 11 is 6.12. The van der Waals surface area contributed by atoms with Gasteiger partial charge in [-0.1, -0.05) is 11.6 Å². The first-order chi connectivity index (χ1) is 14.8. The molecule has 2 N–H and O–H groups in total. The highest BCUT2D eigenvalue weighted by Crippen LogP contribution is 2.28. The van der Waals surface area contributed by atoms with Crippen LogP contribution in [0.25, 0.3) is 11.0 Å². The number of fused-ring (bicyclic) bond motifs is 1. The molecule has 0 spiro atoms. The Balaban J connectivity index is 2.05. The van der Waals surface area contributed by atoms with Gasteiger partial charge in [0.1, 0.15) is 22.5 Å². The number of nitrogens with one attached hydrogen (secondary N) is 2. The summed E-state index contributed by atoms with van der Waals surface area (Å²) in [6, 6.07) is 8.91. The van der Waals surface area contributed by atoms with Gasteiger partial charge < -0.3 is 15.4 Å². The highest BCUT2D eigenvalue weighted by molar-refractivity contribution is 6.31. The number of carbonyl (C=O) groups is 1. The topological polar surface area (TPSA) is 114 Å². The maximum absolute atomic E-state index is 12.7. The van der Waals surface area contributed by atoms with Gasteiger partial charge in [-0.25, -0.2) is 9.78 Å². The number of methoxy groups -OCH3 is 1. The van der Waals surface area contributed by atoms with E-state index in [4.69, 9.17) is 16.3 Å². The van der Waals surface area contributed by atoms with E-state index in [0.29, 0.717) is 24.3 Å². The predicted molar refractivity (Wildman–Crippen MR) is 119 cm³/mol. The third kappa shape index (κ3) is 4.40. The van der Waals surface area contributed by atoms with E-state index in [1.807, 2.05) is 25.1 Å². The van der Waals surface area contributed by atoms with Crippen molar-refractivity contribution < 1.29 is 9.53 Å². The molecule has 0 fully saturated rings. The second kappa shape index (κ2) is 9.20. The van der Waals surface area contributed by atoms with Gasteiger partial charge in [-0.15, -0.1) is 0 Å². The van der Waals surface area contributed by atoms with Crippen molar-refractivity contribution in [3.05, 3.63) is 51.2 Å². The fraction of sp³-hybridized carbons (Fsp3) is 0.333. The van der Waals surface area contributed by atoms with Crippen LogP contribution in [0.2, 0.25) is 5.15 Å². The van der Waals surface area contributed by atoms with Crippen LogP contribution in [-0.4, -0.2) is 40.3 Å². The van der Waals surface area contributed by atoms with Crippen molar-refractivity contribution in [3.63, 3.8) is 0 Å². The number of imidazole rings is 1. The summed E-state index contributed by atoms with van der Waals surface area (Å²) in [4.78, 5) is 28.7. The quantitative estimate of drug-likeness (QED) is 0.544. The van der Waals surface area contributed by atoms with Crippen molar-refractivity contribution in [2.75, 3.05) is 19.5 Å². The van der Waals surface area contributed by atoms with Gasteiger partial charge in [-0.05, 0) is 37.6 Å². The number of nitriles is 1. The SMILES string of the molecule is CNC(=O)c1cc(Nc2ccc3c(c2)n(CC[C@@H](C)OC)c(=O)n3C)c(C#N)c(Cl)n1. The minimum Gasteiger partial charge on any atom is -0.382 e. The van der Waals surface area contributed by atoms with Crippen molar-refractivity contribution >= 4 is 39.9 Å². The zero-order valence-electron chi connectivity index (χ0n) is 17.7. The van der Waals surface area contributed by atoms with E-state index >= 15 is 0 Å². The second-order valence-electron chi connectivity index (χ2n) is 7.07. The van der Waals surface area contributed by atoms with Gasteiger partial charge in [0, 0.05) is 33.4 Å². The molecule has 0 unspecified atom stereocenters. The molecule has 0 aliphatic carbocycles. The van der Waals surface area contributed by atoms with Crippen LogP contribution >= 0.6 is 11.6 Å². The average Bonchev–Trinajstić information content (AvgIpc) is 3.00. The van der Waals surface area contributed by atoms with Crippen molar-refractivity contribution in [1.82, 2.24) is 19.4 Å². The largest absolute Gasteiger partial charge is 0.382 e. The van der Waals surface area contributed by atoms with Crippen LogP contribution in [0.4, 0.5) is 11.4 Å². The number of nitrogens with zero attached hydrogens (tertiary/aromatic N) is 4. The summed E-state index contributed by atoms with van der Waals surface area (Å²) in [6.07, 6.45) is 0.699. The zero-order chi connectivity index (χ0) is 22.7. The first kappa shape index (κ1) is 22.3. The molecule has 0 bridgehead atoms. The van der Waals surface area contributed by atoms with Gasteiger partial charge in [-0.2, -0.15) is 5.26 Å². The molecule has 9 nitrogen and oxygen atoms in total. The Labute approximate surface area is 184 Å². The molecule has 162 valence electrons. The van der Waals surface area contributed by atoms with Crippen LogP contribution in [-0.2, 0) is 18.3 Å². The van der Waals surface area contributed by atoms with Crippen LogP contribution in [0.3, 0.4) is 0 Å². The lowest BCUT2D eigenvalue weighted by molar-refractivity contribution is 0.0958. The summed E-state index contributed by atoms with van der Waals surface area (Å²) in [6.45, 7) is 2.45. The first-order valence-electron chi connectivity index (χ1n) is 9.62. The molecule has 3 aromatic rings. The highest BCUT2D eigenvalue weighted by Gasteiger charge is 2.17. The number of hydrogen-bond acceptors (Lipinski definition) is 6. The van der Waals surface area contributed by atoms with Gasteiger partial charge in [0.15, 0.2) is 0 Å². The third-order valence-corrected chi connectivity index (χ3v) is 5.41. The van der Waals surface area contributed by atoms with Crippen LogP contribution in [0, 0.1) is 11.3 Å². The van der Waals surface area contributed by atoms with E-state index in [1.54, 1.807) is 29.4 Å². The van der Waals surface area contributed by atoms with Crippen molar-refractivity contribution in [2.24, 2.45) is 7.05 Å². The van der Waals surface area contributed by atoms with E-state index in [1.165, 1.54) is 13.1 Å². The van der Waals surface area contributed by atoms with Gasteiger partial charge in [-0.3, -0.25) is 13.9 Å². The van der Waals surface area contributed by atoms with Gasteiger partial charge in [0.2, 0.25) is 0 Å². The number of carbonyl (C=O) groups excluding carboxylic acids is 1. The fourth-order valence-corrected chi connectivity index (χ4v) is 3.49. The Kier molecular flexibility index (Phi) is 6.63. The van der Waals surface area contributed by atoms with Crippen molar-refractivity contribution in [2.45, 2.75) is 26.0 Å². The Morgan fingerprint density at radius 2 is 2.10 bits per heavy atom. The van der Waals surface area contributed by atoms with E-state index in [9.17, 15) is 14.9 Å². The smallest absolute Gasteiger partial charge is 0.328 e. The lowest BCUT2D eigenvalue weighted by Crippen LogP contribution is -2.24. The molecule has 31 heavy (non-hydrogen) atoms. The Morgan fingerprint density at radius 3 is 2.74 bits per heavy atom. The van der Waals surface area contributed by atoms with Crippen LogP contribution in [0.5, 0.6) is 0 Å². The molecule has 2 aromatic heterocycles. The lowest BCUT2D eigenvalue weighted by Gasteiger charge is -2.12. The van der Waals surface area contributed by atoms with Crippen LogP contribution in [0.15, 0.2) is 29.1 Å². The van der Waals surface area contributed by atoms with Gasteiger partial charge >= 0.3 is 5.69 Å². The number of halogens is 1. The summed E-state index contributed by atoms with van der Waals surface area (Å²) in [7, 11) is 4.84. The molecule has 0 radical (unpaired) electrons. The number of benzene rings is 1. The molecule has 1 amide bonds. The van der Waals surface area contributed by atoms with Crippen LogP contribution < -0.4 is 16.3 Å². The number of anilines is 2. The van der Waals surface area contributed by atoms with E-state index in [-0.39, 0.29) is 28.2 Å². The molecule has 1 atom stereocenters. The predicted octanol–water partition coefficient (Wildman–Crippen LogP) is 2.79. The third-order valence-electron chi connectivity index (χ3n) is 5.13. The molecule has 10 heteroatoms. The Morgan fingerprint density at radius 1 is 1.35 bits per heavy atom. The second-order valence-corrected chi connectivity index (χ2v) is 7.43. The molecular weight excluding hydrogens is 420 g/mol. The van der Waals surface area contributed by atoms with Crippen molar-refractivity contribution in [1.29, 1.82) is 5.26 Å². The maximum Gasteiger partial charge on any atom is 0.328 e. The average molecular weight is 443 g/mol. The monoisotopic (exact) mass is 442 g/mol. The number of ether oxygens (including phenoxy) is 1. The molecule has 3 rings (SSSR count). The summed E-state index contributed by atoms with van der Waals surface area (Å²) in [5, 5.41) is 15.0. The number of aryl methyl sites for hydroxylation is 2. The highest BCUT2D eigenvalue weighted by atomic mass is 35.5. The summed E-state index contributed by atoms with van der Waals surface area (Å²) < 4.78 is 8.57. The number of aromatic nitrogens is 3. The normalized spacial score (nSPS) is 11.9. The van der Waals surface area contributed by atoms with Gasteiger partial charge in [0.25, 0.3) is 5.91 Å². The first-order valence-corrected chi connectivity index (χ1v) is 10.00. The standard InChI is InChI=1S/C21H23ClN6O3/c1-12(31-4)7-8-28-18-9-13(5-6-17(18)27(3)21(28)30)25-15-10-16(20(29)24-2)26-19(22)14(15)11-23/h5-6,9-10,12H,7-8H2,1-4H3,(H,24,29)(H,25,26)/t12-/m1/s1. The minimum atomic E-state index is -0.422.